The Balaban J connectivity index is 1.68. The van der Waals surface area contributed by atoms with Gasteiger partial charge in [0, 0.05) is 21.9 Å². The largest absolute Gasteiger partial charge is 0.388 e. The van der Waals surface area contributed by atoms with Crippen LogP contribution in [0.25, 0.3) is 10.4 Å². The van der Waals surface area contributed by atoms with Crippen LogP contribution >= 0.6 is 38.9 Å². The number of amides is 1. The summed E-state index contributed by atoms with van der Waals surface area (Å²) < 4.78 is 6.19. The first-order valence-electron chi connectivity index (χ1n) is 10.9. The molecule has 1 amide bonds. The zero-order valence-electron chi connectivity index (χ0n) is 19.3. The number of rotatable bonds is 10. The quantitative estimate of drug-likeness (QED) is 0.236. The van der Waals surface area contributed by atoms with Crippen molar-refractivity contribution in [3.63, 3.8) is 0 Å². The molecule has 1 heterocycles. The van der Waals surface area contributed by atoms with Crippen LogP contribution in [0.1, 0.15) is 42.6 Å². The monoisotopic (exact) mass is 576 g/mol. The zero-order valence-corrected chi connectivity index (χ0v) is 22.5. The van der Waals surface area contributed by atoms with Gasteiger partial charge in [-0.3, -0.25) is 10.1 Å². The van der Waals surface area contributed by atoms with Crippen molar-refractivity contribution in [3.8, 4) is 10.4 Å². The average Bonchev–Trinajstić information content (AvgIpc) is 3.24. The Bertz CT molecular complexity index is 1190. The Hall–Kier alpha value is -2.52. The molecule has 1 atom stereocenters. The summed E-state index contributed by atoms with van der Waals surface area (Å²) in [7, 11) is 0. The molecule has 1 aromatic heterocycles. The van der Waals surface area contributed by atoms with Gasteiger partial charge >= 0.3 is 11.9 Å². The van der Waals surface area contributed by atoms with Crippen molar-refractivity contribution in [3.05, 3.63) is 80.6 Å². The fourth-order valence-electron chi connectivity index (χ4n) is 3.63. The van der Waals surface area contributed by atoms with Gasteiger partial charge in [-0.1, -0.05) is 35.9 Å². The second-order valence-corrected chi connectivity index (χ2v) is 11.7. The summed E-state index contributed by atoms with van der Waals surface area (Å²) in [6.45, 7) is 3.85. The maximum Gasteiger partial charge on any atom is 0.345 e. The summed E-state index contributed by atoms with van der Waals surface area (Å²) in [6, 6.07) is 17.3. The van der Waals surface area contributed by atoms with E-state index in [1.54, 1.807) is 47.7 Å². The smallest absolute Gasteiger partial charge is 0.345 e. The number of nitrogens with two attached hydrogens (primary N) is 1. The van der Waals surface area contributed by atoms with Crippen molar-refractivity contribution in [2.75, 3.05) is 0 Å². The summed E-state index contributed by atoms with van der Waals surface area (Å²) in [4.78, 5) is 38.0. The van der Waals surface area contributed by atoms with Gasteiger partial charge in [0.25, 0.3) is 0 Å². The van der Waals surface area contributed by atoms with Gasteiger partial charge in [0.05, 0.1) is 9.35 Å². The summed E-state index contributed by atoms with van der Waals surface area (Å²) in [5.74, 6) is -2.05. The second kappa shape index (κ2) is 11.9. The first-order chi connectivity index (χ1) is 16.5. The van der Waals surface area contributed by atoms with Gasteiger partial charge < -0.3 is 10.5 Å². The predicted octanol–water partition coefficient (Wildman–Crippen LogP) is 5.76. The molecule has 0 bridgehead atoms. The number of nitrogens with one attached hydrogen (secondary N) is 1. The minimum atomic E-state index is -0.892. The van der Waals surface area contributed by atoms with Crippen LogP contribution in [0.15, 0.2) is 64.5 Å². The lowest BCUT2D eigenvalue weighted by molar-refractivity contribution is -0.141. The van der Waals surface area contributed by atoms with Crippen LogP contribution in [-0.2, 0) is 20.7 Å². The predicted molar refractivity (Wildman–Crippen MR) is 142 cm³/mol. The standard InChI is InChI=1S/C26H26BrClN2O4S/c1-26(2,15-16-3-9-19(28)10-4-16)30-20(11-14-23(29)31)25(33)34-24(32)18-7-5-17(6-8-18)21-12-13-22(27)35-21/h3-10,12-13,20,30H,11,14-15H2,1-2H3,(H2,29,31)/t20-/m0/s1. The first kappa shape index (κ1) is 27.1. The average molecular weight is 578 g/mol. The molecule has 0 unspecified atom stereocenters. The molecule has 0 saturated heterocycles. The SMILES string of the molecule is CC(C)(Cc1ccc(Cl)cc1)N[C@@H](CCC(N)=O)C(=O)OC(=O)c1ccc(-c2ccc(Br)s2)cc1. The van der Waals surface area contributed by atoms with Gasteiger partial charge in [0.15, 0.2) is 0 Å². The molecule has 0 fully saturated rings. The molecule has 2 aromatic carbocycles. The molecule has 3 rings (SSSR count). The minimum Gasteiger partial charge on any atom is -0.388 e. The topological polar surface area (TPSA) is 98.5 Å². The number of hydrogen-bond donors (Lipinski definition) is 2. The van der Waals surface area contributed by atoms with E-state index in [4.69, 9.17) is 22.1 Å². The van der Waals surface area contributed by atoms with E-state index in [0.29, 0.717) is 11.4 Å². The summed E-state index contributed by atoms with van der Waals surface area (Å²) in [5, 5.41) is 3.87. The van der Waals surface area contributed by atoms with E-state index in [1.165, 1.54) is 0 Å². The highest BCUT2D eigenvalue weighted by Crippen LogP contribution is 2.31. The Morgan fingerprint density at radius 2 is 1.71 bits per heavy atom. The maximum atomic E-state index is 12.9. The lowest BCUT2D eigenvalue weighted by atomic mass is 9.93. The highest BCUT2D eigenvalue weighted by atomic mass is 79.9. The summed E-state index contributed by atoms with van der Waals surface area (Å²) in [5.41, 5.74) is 6.98. The van der Waals surface area contributed by atoms with E-state index in [-0.39, 0.29) is 18.4 Å². The molecule has 3 N–H and O–H groups in total. The van der Waals surface area contributed by atoms with Crippen molar-refractivity contribution in [1.29, 1.82) is 0 Å². The molecule has 6 nitrogen and oxygen atoms in total. The lowest BCUT2D eigenvalue weighted by Crippen LogP contribution is -2.51. The highest BCUT2D eigenvalue weighted by Gasteiger charge is 2.30. The van der Waals surface area contributed by atoms with Crippen LogP contribution in [0.4, 0.5) is 0 Å². The van der Waals surface area contributed by atoms with Crippen molar-refractivity contribution in [1.82, 2.24) is 5.32 Å². The third kappa shape index (κ3) is 8.28. The molecule has 0 aliphatic carbocycles. The van der Waals surface area contributed by atoms with Crippen LogP contribution in [-0.4, -0.2) is 29.4 Å². The second-order valence-electron chi connectivity index (χ2n) is 8.78. The zero-order chi connectivity index (χ0) is 25.6. The molecule has 0 aliphatic heterocycles. The fourth-order valence-corrected chi connectivity index (χ4v) is 5.15. The fraction of sp³-hybridized carbons (Fsp3) is 0.269. The molecule has 0 saturated carbocycles. The summed E-state index contributed by atoms with van der Waals surface area (Å²) >= 11 is 11.0. The van der Waals surface area contributed by atoms with Crippen LogP contribution in [0.5, 0.6) is 0 Å². The van der Waals surface area contributed by atoms with Crippen LogP contribution in [0.2, 0.25) is 5.02 Å². The van der Waals surface area contributed by atoms with Crippen LogP contribution < -0.4 is 11.1 Å². The van der Waals surface area contributed by atoms with Crippen molar-refractivity contribution < 1.29 is 19.1 Å². The highest BCUT2D eigenvalue weighted by molar-refractivity contribution is 9.11. The molecule has 0 aliphatic rings. The van der Waals surface area contributed by atoms with Gasteiger partial charge in [-0.2, -0.15) is 0 Å². The van der Waals surface area contributed by atoms with E-state index in [0.717, 1.165) is 19.8 Å². The number of thiophene rings is 1. The number of carbonyl (C=O) groups is 3. The Morgan fingerprint density at radius 1 is 1.06 bits per heavy atom. The number of ether oxygens (including phenoxy) is 1. The summed E-state index contributed by atoms with van der Waals surface area (Å²) in [6.07, 6.45) is 0.666. The maximum absolute atomic E-state index is 12.9. The van der Waals surface area contributed by atoms with Crippen molar-refractivity contribution >= 4 is 56.7 Å². The third-order valence-electron chi connectivity index (χ3n) is 5.26. The van der Waals surface area contributed by atoms with E-state index in [9.17, 15) is 14.4 Å². The molecule has 35 heavy (non-hydrogen) atoms. The van der Waals surface area contributed by atoms with E-state index in [1.807, 2.05) is 38.1 Å². The van der Waals surface area contributed by atoms with E-state index < -0.39 is 29.4 Å². The van der Waals surface area contributed by atoms with Gasteiger partial charge in [0.2, 0.25) is 5.91 Å². The minimum absolute atomic E-state index is 0.0247. The Kier molecular flexibility index (Phi) is 9.24. The number of benzene rings is 2. The number of esters is 2. The number of carbonyl (C=O) groups excluding carboxylic acids is 3. The molecule has 184 valence electrons. The van der Waals surface area contributed by atoms with Crippen molar-refractivity contribution in [2.45, 2.75) is 44.7 Å². The van der Waals surface area contributed by atoms with E-state index >= 15 is 0 Å². The third-order valence-corrected chi connectivity index (χ3v) is 7.18. The van der Waals surface area contributed by atoms with Gasteiger partial charge in [-0.25, -0.2) is 9.59 Å². The normalized spacial score (nSPS) is 12.2. The Labute approximate surface area is 221 Å². The van der Waals surface area contributed by atoms with Crippen LogP contribution in [0, 0.1) is 0 Å². The van der Waals surface area contributed by atoms with Gasteiger partial charge in [-0.15, -0.1) is 11.3 Å². The number of hydrogen-bond acceptors (Lipinski definition) is 6. The number of primary amides is 1. The first-order valence-corrected chi connectivity index (χ1v) is 12.9. The Morgan fingerprint density at radius 3 is 2.29 bits per heavy atom. The molecule has 9 heteroatoms. The number of halogens is 2. The van der Waals surface area contributed by atoms with Gasteiger partial charge in [-0.05, 0) is 90.1 Å². The molecule has 0 spiro atoms. The molecular weight excluding hydrogens is 552 g/mol. The van der Waals surface area contributed by atoms with E-state index in [2.05, 4.69) is 21.2 Å². The molecule has 3 aromatic rings. The van der Waals surface area contributed by atoms with Crippen LogP contribution in [0.3, 0.4) is 0 Å². The lowest BCUT2D eigenvalue weighted by Gasteiger charge is -2.31. The van der Waals surface area contributed by atoms with Gasteiger partial charge in [0.1, 0.15) is 6.04 Å². The molecule has 0 radical (unpaired) electrons. The van der Waals surface area contributed by atoms with Crippen molar-refractivity contribution in [2.24, 2.45) is 5.73 Å². The molecular formula is C26H26BrClN2O4S.